The molecule has 3 rings (SSSR count). The number of nitrogen functional groups attached to an aromatic ring is 1. The highest BCUT2D eigenvalue weighted by Crippen LogP contribution is 2.30. The molecule has 0 bridgehead atoms. The van der Waals surface area contributed by atoms with Crippen molar-refractivity contribution >= 4 is 11.7 Å². The van der Waals surface area contributed by atoms with Crippen LogP contribution in [0.4, 0.5) is 5.82 Å². The van der Waals surface area contributed by atoms with Crippen LogP contribution < -0.4 is 11.3 Å². The Balaban J connectivity index is 1.60. The lowest BCUT2D eigenvalue weighted by atomic mass is 10.2. The molecular formula is C14H21N5O. The van der Waals surface area contributed by atoms with Crippen molar-refractivity contribution in [2.75, 3.05) is 38.1 Å². The van der Waals surface area contributed by atoms with E-state index in [0.717, 1.165) is 32.1 Å². The minimum absolute atomic E-state index is 0.0112. The van der Waals surface area contributed by atoms with Gasteiger partial charge in [0.05, 0.1) is 5.56 Å². The molecule has 2 heterocycles. The van der Waals surface area contributed by atoms with E-state index in [-0.39, 0.29) is 5.91 Å². The predicted octanol–water partition coefficient (Wildman–Crippen LogP) is 0.535. The van der Waals surface area contributed by atoms with Crippen LogP contribution in [-0.4, -0.2) is 53.4 Å². The molecule has 1 aromatic heterocycles. The maximum atomic E-state index is 12.5. The fourth-order valence-electron chi connectivity index (χ4n) is 2.66. The normalized spacial score (nSPS) is 19.9. The van der Waals surface area contributed by atoms with Crippen molar-refractivity contribution in [3.63, 3.8) is 0 Å². The first-order valence-corrected chi connectivity index (χ1v) is 7.21. The number of nitrogens with one attached hydrogen (secondary N) is 1. The molecule has 6 nitrogen and oxygen atoms in total. The molecule has 1 saturated heterocycles. The van der Waals surface area contributed by atoms with E-state index in [1.807, 2.05) is 4.90 Å². The molecule has 2 fully saturated rings. The second-order valence-corrected chi connectivity index (χ2v) is 5.58. The lowest BCUT2D eigenvalue weighted by Gasteiger charge is -2.35. The first kappa shape index (κ1) is 13.3. The molecular weight excluding hydrogens is 254 g/mol. The highest BCUT2D eigenvalue weighted by molar-refractivity contribution is 5.98. The van der Waals surface area contributed by atoms with Crippen LogP contribution in [0.15, 0.2) is 18.3 Å². The molecule has 1 aromatic rings. The third-order valence-electron chi connectivity index (χ3n) is 4.05. The number of nitrogens with two attached hydrogens (primary N) is 1. The van der Waals surface area contributed by atoms with Gasteiger partial charge in [-0.25, -0.2) is 10.8 Å². The summed E-state index contributed by atoms with van der Waals surface area (Å²) in [6.07, 6.45) is 4.38. The van der Waals surface area contributed by atoms with E-state index in [4.69, 9.17) is 5.84 Å². The summed E-state index contributed by atoms with van der Waals surface area (Å²) in [7, 11) is 0. The topological polar surface area (TPSA) is 74.5 Å². The molecule has 1 aliphatic carbocycles. The molecule has 0 atom stereocenters. The number of hydrogen-bond acceptors (Lipinski definition) is 5. The van der Waals surface area contributed by atoms with Crippen molar-refractivity contribution < 1.29 is 4.79 Å². The van der Waals surface area contributed by atoms with Crippen LogP contribution in [0.1, 0.15) is 23.2 Å². The fraction of sp³-hybridized carbons (Fsp3) is 0.571. The summed E-state index contributed by atoms with van der Waals surface area (Å²) in [4.78, 5) is 20.9. The summed E-state index contributed by atoms with van der Waals surface area (Å²) in [6, 6.07) is 3.53. The number of carbonyl (C=O) groups excluding carboxylic acids is 1. The standard InChI is InChI=1S/C14H21N5O/c15-17-13-12(2-1-5-16-13)14(20)19-8-6-18(7-9-19)10-11-3-4-11/h1-2,5,11H,3-4,6-10,15H2,(H,16,17). The quantitative estimate of drug-likeness (QED) is 0.619. The second kappa shape index (κ2) is 5.76. The third kappa shape index (κ3) is 2.91. The Morgan fingerprint density at radius 1 is 1.35 bits per heavy atom. The largest absolute Gasteiger partial charge is 0.336 e. The average molecular weight is 275 g/mol. The number of nitrogens with zero attached hydrogens (tertiary/aromatic N) is 3. The highest BCUT2D eigenvalue weighted by Gasteiger charge is 2.28. The van der Waals surface area contributed by atoms with E-state index in [1.165, 1.54) is 19.4 Å². The molecule has 108 valence electrons. The molecule has 2 aliphatic rings. The summed E-state index contributed by atoms with van der Waals surface area (Å²) >= 11 is 0. The van der Waals surface area contributed by atoms with Gasteiger partial charge >= 0.3 is 0 Å². The second-order valence-electron chi connectivity index (χ2n) is 5.58. The number of amides is 1. The minimum Gasteiger partial charge on any atom is -0.336 e. The van der Waals surface area contributed by atoms with Gasteiger partial charge in [0.25, 0.3) is 5.91 Å². The number of anilines is 1. The van der Waals surface area contributed by atoms with E-state index in [1.54, 1.807) is 18.3 Å². The van der Waals surface area contributed by atoms with Crippen LogP contribution in [0.25, 0.3) is 0 Å². The van der Waals surface area contributed by atoms with Crippen LogP contribution in [-0.2, 0) is 0 Å². The molecule has 1 amide bonds. The number of piperazine rings is 1. The SMILES string of the molecule is NNc1ncccc1C(=O)N1CCN(CC2CC2)CC1. The molecule has 0 spiro atoms. The van der Waals surface area contributed by atoms with Gasteiger partial charge in [0.2, 0.25) is 0 Å². The Morgan fingerprint density at radius 2 is 2.10 bits per heavy atom. The Labute approximate surface area is 118 Å². The zero-order valence-corrected chi connectivity index (χ0v) is 11.6. The summed E-state index contributed by atoms with van der Waals surface area (Å²) in [5.41, 5.74) is 3.04. The molecule has 0 aromatic carbocycles. The predicted molar refractivity (Wildman–Crippen MR) is 77.1 cm³/mol. The smallest absolute Gasteiger partial charge is 0.257 e. The van der Waals surface area contributed by atoms with E-state index in [2.05, 4.69) is 15.3 Å². The number of carbonyl (C=O) groups is 1. The van der Waals surface area contributed by atoms with Crippen molar-refractivity contribution in [2.24, 2.45) is 11.8 Å². The number of pyridine rings is 1. The third-order valence-corrected chi connectivity index (χ3v) is 4.05. The van der Waals surface area contributed by atoms with Crippen LogP contribution in [0.5, 0.6) is 0 Å². The molecule has 20 heavy (non-hydrogen) atoms. The molecule has 1 aliphatic heterocycles. The Hall–Kier alpha value is -1.66. The lowest BCUT2D eigenvalue weighted by Crippen LogP contribution is -2.49. The lowest BCUT2D eigenvalue weighted by molar-refractivity contribution is 0.0632. The Kier molecular flexibility index (Phi) is 3.84. The zero-order valence-electron chi connectivity index (χ0n) is 11.6. The van der Waals surface area contributed by atoms with Crippen LogP contribution >= 0.6 is 0 Å². The van der Waals surface area contributed by atoms with Gasteiger partial charge in [-0.1, -0.05) is 0 Å². The fourth-order valence-corrected chi connectivity index (χ4v) is 2.66. The van der Waals surface area contributed by atoms with E-state index in [0.29, 0.717) is 11.4 Å². The number of hydrazine groups is 1. The van der Waals surface area contributed by atoms with Gasteiger partial charge in [0.15, 0.2) is 5.82 Å². The van der Waals surface area contributed by atoms with Crippen molar-refractivity contribution in [3.8, 4) is 0 Å². The number of hydrogen-bond donors (Lipinski definition) is 2. The Bertz CT molecular complexity index is 480. The van der Waals surface area contributed by atoms with Crippen LogP contribution in [0.3, 0.4) is 0 Å². The van der Waals surface area contributed by atoms with E-state index in [9.17, 15) is 4.79 Å². The summed E-state index contributed by atoms with van der Waals surface area (Å²) in [6.45, 7) is 4.70. The number of aromatic nitrogens is 1. The van der Waals surface area contributed by atoms with E-state index >= 15 is 0 Å². The maximum absolute atomic E-state index is 12.5. The molecule has 1 saturated carbocycles. The van der Waals surface area contributed by atoms with Crippen LogP contribution in [0.2, 0.25) is 0 Å². The van der Waals surface area contributed by atoms with Gasteiger partial charge in [0.1, 0.15) is 0 Å². The van der Waals surface area contributed by atoms with Crippen molar-refractivity contribution in [3.05, 3.63) is 23.9 Å². The first-order valence-electron chi connectivity index (χ1n) is 7.21. The minimum atomic E-state index is 0.0112. The first-order chi connectivity index (χ1) is 9.78. The summed E-state index contributed by atoms with van der Waals surface area (Å²) in [5, 5.41) is 0. The summed E-state index contributed by atoms with van der Waals surface area (Å²) in [5.74, 6) is 6.77. The van der Waals surface area contributed by atoms with Crippen LogP contribution in [0, 0.1) is 5.92 Å². The van der Waals surface area contributed by atoms with Gasteiger partial charge in [-0.2, -0.15) is 0 Å². The average Bonchev–Trinajstić information content (AvgIpc) is 3.31. The van der Waals surface area contributed by atoms with E-state index < -0.39 is 0 Å². The van der Waals surface area contributed by atoms with Gasteiger partial charge in [-0.05, 0) is 30.9 Å². The maximum Gasteiger partial charge on any atom is 0.257 e. The van der Waals surface area contributed by atoms with Gasteiger partial charge in [-0.15, -0.1) is 0 Å². The van der Waals surface area contributed by atoms with Crippen molar-refractivity contribution in [1.29, 1.82) is 0 Å². The van der Waals surface area contributed by atoms with Crippen molar-refractivity contribution in [1.82, 2.24) is 14.8 Å². The summed E-state index contributed by atoms with van der Waals surface area (Å²) < 4.78 is 0. The molecule has 6 heteroatoms. The van der Waals surface area contributed by atoms with Gasteiger partial charge in [0, 0.05) is 38.9 Å². The molecule has 3 N–H and O–H groups in total. The molecule has 0 unspecified atom stereocenters. The Morgan fingerprint density at radius 3 is 2.75 bits per heavy atom. The van der Waals surface area contributed by atoms with Gasteiger partial charge < -0.3 is 10.3 Å². The number of rotatable bonds is 4. The highest BCUT2D eigenvalue weighted by atomic mass is 16.2. The monoisotopic (exact) mass is 275 g/mol. The van der Waals surface area contributed by atoms with Gasteiger partial charge in [-0.3, -0.25) is 9.69 Å². The van der Waals surface area contributed by atoms with Crippen molar-refractivity contribution in [2.45, 2.75) is 12.8 Å². The zero-order chi connectivity index (χ0) is 13.9. The molecule has 0 radical (unpaired) electrons.